The molecule has 0 aliphatic heterocycles. The van der Waals surface area contributed by atoms with Crippen LogP contribution >= 0.6 is 0 Å². The SMILES string of the molecule is Cc1nc(CCNCC2CCCC2)n[nH]1. The Bertz CT molecular complexity index is 289. The largest absolute Gasteiger partial charge is 0.316 e. The molecule has 4 heteroatoms. The molecule has 0 aromatic carbocycles. The second-order valence-electron chi connectivity index (χ2n) is 4.44. The smallest absolute Gasteiger partial charge is 0.151 e. The number of nitrogens with zero attached hydrogens (tertiary/aromatic N) is 2. The zero-order valence-corrected chi connectivity index (χ0v) is 9.42. The van der Waals surface area contributed by atoms with E-state index in [9.17, 15) is 0 Å². The van der Waals surface area contributed by atoms with Gasteiger partial charge in [-0.05, 0) is 32.2 Å². The van der Waals surface area contributed by atoms with Crippen LogP contribution in [0.25, 0.3) is 0 Å². The number of hydrogen-bond acceptors (Lipinski definition) is 3. The summed E-state index contributed by atoms with van der Waals surface area (Å²) >= 11 is 0. The van der Waals surface area contributed by atoms with E-state index in [0.29, 0.717) is 0 Å². The van der Waals surface area contributed by atoms with Crippen LogP contribution in [-0.4, -0.2) is 28.3 Å². The molecule has 0 radical (unpaired) electrons. The summed E-state index contributed by atoms with van der Waals surface area (Å²) in [6.45, 7) is 4.10. The summed E-state index contributed by atoms with van der Waals surface area (Å²) in [5, 5.41) is 10.5. The van der Waals surface area contributed by atoms with Gasteiger partial charge in [0.05, 0.1) is 0 Å². The molecule has 1 saturated carbocycles. The molecule has 1 aliphatic rings. The Morgan fingerprint density at radius 2 is 2.20 bits per heavy atom. The van der Waals surface area contributed by atoms with Gasteiger partial charge in [-0.2, -0.15) is 5.10 Å². The molecule has 84 valence electrons. The van der Waals surface area contributed by atoms with Gasteiger partial charge in [-0.15, -0.1) is 0 Å². The second-order valence-corrected chi connectivity index (χ2v) is 4.44. The van der Waals surface area contributed by atoms with Crippen molar-refractivity contribution in [3.63, 3.8) is 0 Å². The summed E-state index contributed by atoms with van der Waals surface area (Å²) in [6.07, 6.45) is 6.59. The molecule has 0 spiro atoms. The summed E-state index contributed by atoms with van der Waals surface area (Å²) in [4.78, 5) is 4.27. The Labute approximate surface area is 90.9 Å². The maximum absolute atomic E-state index is 4.27. The highest BCUT2D eigenvalue weighted by molar-refractivity contribution is 4.88. The average Bonchev–Trinajstić information content (AvgIpc) is 2.84. The van der Waals surface area contributed by atoms with E-state index in [2.05, 4.69) is 20.5 Å². The van der Waals surface area contributed by atoms with E-state index < -0.39 is 0 Å². The average molecular weight is 208 g/mol. The molecule has 0 bridgehead atoms. The highest BCUT2D eigenvalue weighted by Crippen LogP contribution is 2.23. The van der Waals surface area contributed by atoms with Crippen molar-refractivity contribution in [1.29, 1.82) is 0 Å². The Hall–Kier alpha value is -0.900. The first-order chi connectivity index (χ1) is 7.34. The number of rotatable bonds is 5. The van der Waals surface area contributed by atoms with Gasteiger partial charge in [0.2, 0.25) is 0 Å². The molecule has 0 atom stereocenters. The topological polar surface area (TPSA) is 53.6 Å². The minimum atomic E-state index is 0.904. The lowest BCUT2D eigenvalue weighted by molar-refractivity contribution is 0.490. The van der Waals surface area contributed by atoms with Gasteiger partial charge in [-0.1, -0.05) is 12.8 Å². The normalized spacial score (nSPS) is 17.4. The first kappa shape index (κ1) is 10.6. The lowest BCUT2D eigenvalue weighted by atomic mass is 10.1. The monoisotopic (exact) mass is 208 g/mol. The predicted molar refractivity (Wildman–Crippen MR) is 59.7 cm³/mol. The van der Waals surface area contributed by atoms with Crippen molar-refractivity contribution in [2.24, 2.45) is 5.92 Å². The van der Waals surface area contributed by atoms with Crippen molar-refractivity contribution in [1.82, 2.24) is 20.5 Å². The molecule has 1 aromatic heterocycles. The van der Waals surface area contributed by atoms with Crippen LogP contribution in [0.3, 0.4) is 0 Å². The van der Waals surface area contributed by atoms with E-state index >= 15 is 0 Å². The fraction of sp³-hybridized carbons (Fsp3) is 0.818. The zero-order chi connectivity index (χ0) is 10.5. The number of H-pyrrole nitrogens is 1. The van der Waals surface area contributed by atoms with Crippen LogP contribution in [0.4, 0.5) is 0 Å². The van der Waals surface area contributed by atoms with Crippen LogP contribution in [0.15, 0.2) is 0 Å². The second kappa shape index (κ2) is 5.26. The third kappa shape index (κ3) is 3.30. The van der Waals surface area contributed by atoms with Gasteiger partial charge >= 0.3 is 0 Å². The molecule has 1 fully saturated rings. The number of aromatic nitrogens is 3. The van der Waals surface area contributed by atoms with E-state index in [1.165, 1.54) is 32.2 Å². The van der Waals surface area contributed by atoms with Gasteiger partial charge in [0, 0.05) is 13.0 Å². The Balaban J connectivity index is 1.58. The highest BCUT2D eigenvalue weighted by atomic mass is 15.2. The summed E-state index contributed by atoms with van der Waals surface area (Å²) in [5.74, 6) is 2.74. The van der Waals surface area contributed by atoms with Gasteiger partial charge in [0.1, 0.15) is 5.82 Å². The molecule has 1 aromatic rings. The maximum Gasteiger partial charge on any atom is 0.151 e. The fourth-order valence-electron chi connectivity index (χ4n) is 2.22. The van der Waals surface area contributed by atoms with Crippen LogP contribution in [0.2, 0.25) is 0 Å². The van der Waals surface area contributed by atoms with E-state index in [4.69, 9.17) is 0 Å². The molecule has 2 N–H and O–H groups in total. The van der Waals surface area contributed by atoms with Crippen molar-refractivity contribution < 1.29 is 0 Å². The minimum Gasteiger partial charge on any atom is -0.316 e. The molecule has 1 aliphatic carbocycles. The summed E-state index contributed by atoms with van der Waals surface area (Å²) in [7, 11) is 0. The molecular formula is C11H20N4. The van der Waals surface area contributed by atoms with E-state index in [0.717, 1.165) is 30.5 Å². The van der Waals surface area contributed by atoms with Gasteiger partial charge < -0.3 is 5.32 Å². The van der Waals surface area contributed by atoms with E-state index in [-0.39, 0.29) is 0 Å². The Morgan fingerprint density at radius 3 is 2.87 bits per heavy atom. The van der Waals surface area contributed by atoms with Crippen LogP contribution in [-0.2, 0) is 6.42 Å². The van der Waals surface area contributed by atoms with Crippen molar-refractivity contribution >= 4 is 0 Å². The third-order valence-corrected chi connectivity index (χ3v) is 3.08. The Morgan fingerprint density at radius 1 is 1.40 bits per heavy atom. The van der Waals surface area contributed by atoms with Crippen molar-refractivity contribution in [2.45, 2.75) is 39.0 Å². The first-order valence-electron chi connectivity index (χ1n) is 5.93. The van der Waals surface area contributed by atoms with E-state index in [1.807, 2.05) is 6.92 Å². The number of nitrogens with one attached hydrogen (secondary N) is 2. The van der Waals surface area contributed by atoms with Crippen LogP contribution in [0, 0.1) is 12.8 Å². The molecule has 4 nitrogen and oxygen atoms in total. The summed E-state index contributed by atoms with van der Waals surface area (Å²) in [6, 6.07) is 0. The summed E-state index contributed by atoms with van der Waals surface area (Å²) in [5.41, 5.74) is 0. The van der Waals surface area contributed by atoms with Gasteiger partial charge in [0.15, 0.2) is 5.82 Å². The first-order valence-corrected chi connectivity index (χ1v) is 5.93. The van der Waals surface area contributed by atoms with Gasteiger partial charge in [-0.25, -0.2) is 4.98 Å². The molecule has 2 rings (SSSR count). The van der Waals surface area contributed by atoms with Crippen LogP contribution in [0.1, 0.15) is 37.3 Å². The van der Waals surface area contributed by atoms with Crippen molar-refractivity contribution in [2.75, 3.05) is 13.1 Å². The fourth-order valence-corrected chi connectivity index (χ4v) is 2.22. The molecule has 0 saturated heterocycles. The van der Waals surface area contributed by atoms with Gasteiger partial charge in [0.25, 0.3) is 0 Å². The number of aromatic amines is 1. The maximum atomic E-state index is 4.27. The van der Waals surface area contributed by atoms with Crippen molar-refractivity contribution in [3.8, 4) is 0 Å². The highest BCUT2D eigenvalue weighted by Gasteiger charge is 2.13. The zero-order valence-electron chi connectivity index (χ0n) is 9.42. The van der Waals surface area contributed by atoms with Crippen LogP contribution < -0.4 is 5.32 Å². The molecule has 15 heavy (non-hydrogen) atoms. The molecule has 1 heterocycles. The predicted octanol–water partition coefficient (Wildman–Crippen LogP) is 1.44. The van der Waals surface area contributed by atoms with Crippen molar-refractivity contribution in [3.05, 3.63) is 11.6 Å². The molecule has 0 unspecified atom stereocenters. The standard InChI is InChI=1S/C11H20N4/c1-9-13-11(15-14-9)6-7-12-8-10-4-2-3-5-10/h10,12H,2-8H2,1H3,(H,13,14,15). The van der Waals surface area contributed by atoms with E-state index in [1.54, 1.807) is 0 Å². The minimum absolute atomic E-state index is 0.904. The third-order valence-electron chi connectivity index (χ3n) is 3.08. The van der Waals surface area contributed by atoms with Crippen LogP contribution in [0.5, 0.6) is 0 Å². The molecule has 0 amide bonds. The lowest BCUT2D eigenvalue weighted by Crippen LogP contribution is -2.23. The number of aryl methyl sites for hydroxylation is 1. The number of hydrogen-bond donors (Lipinski definition) is 2. The summed E-state index contributed by atoms with van der Waals surface area (Å²) < 4.78 is 0. The quantitative estimate of drug-likeness (QED) is 0.720. The van der Waals surface area contributed by atoms with Gasteiger partial charge in [-0.3, -0.25) is 5.10 Å². The Kier molecular flexibility index (Phi) is 3.72. The molecular weight excluding hydrogens is 188 g/mol. The lowest BCUT2D eigenvalue weighted by Gasteiger charge is -2.09.